The third kappa shape index (κ3) is 5.47. The van der Waals surface area contributed by atoms with E-state index in [0.717, 1.165) is 17.4 Å². The third-order valence-electron chi connectivity index (χ3n) is 6.06. The maximum absolute atomic E-state index is 13.7. The number of alkyl halides is 3. The zero-order valence-electron chi connectivity index (χ0n) is 19.1. The predicted molar refractivity (Wildman–Crippen MR) is 120 cm³/mol. The minimum absolute atomic E-state index is 0.0784. The standard InChI is InChI=1S/C23H26F3N5O4/c1-14(12-32)28-19(33)10-16-11-27-21(29-20(16)23(24,25)26)30-8-6-17(7-9-30)31-18-5-3-2-4-15(18)13-35-22(31)34/h2-5,11,14,17,32H,6-10,12-13H2,1H3,(H,28,33). The molecule has 9 nitrogen and oxygen atoms in total. The number of piperidine rings is 1. The number of ether oxygens (including phenoxy) is 1. The summed E-state index contributed by atoms with van der Waals surface area (Å²) >= 11 is 0. The summed E-state index contributed by atoms with van der Waals surface area (Å²) in [6.45, 7) is 2.11. The number of aromatic nitrogens is 2. The molecule has 1 fully saturated rings. The van der Waals surface area contributed by atoms with E-state index >= 15 is 0 Å². The molecule has 2 aliphatic heterocycles. The average Bonchev–Trinajstić information content (AvgIpc) is 2.83. The number of cyclic esters (lactones) is 1. The zero-order valence-corrected chi connectivity index (χ0v) is 19.1. The average molecular weight is 493 g/mol. The van der Waals surface area contributed by atoms with Crippen molar-refractivity contribution in [3.8, 4) is 0 Å². The topological polar surface area (TPSA) is 108 Å². The number of hydrogen-bond donors (Lipinski definition) is 2. The molecular formula is C23H26F3N5O4. The molecule has 1 atom stereocenters. The molecule has 0 aliphatic carbocycles. The minimum Gasteiger partial charge on any atom is -0.444 e. The molecule has 1 saturated heterocycles. The van der Waals surface area contributed by atoms with E-state index in [1.807, 2.05) is 24.3 Å². The number of nitrogens with one attached hydrogen (secondary N) is 1. The Labute approximate surface area is 199 Å². The summed E-state index contributed by atoms with van der Waals surface area (Å²) in [4.78, 5) is 35.6. The van der Waals surface area contributed by atoms with Crippen molar-refractivity contribution in [3.05, 3.63) is 47.3 Å². The van der Waals surface area contributed by atoms with Gasteiger partial charge in [-0.25, -0.2) is 14.8 Å². The number of aliphatic hydroxyl groups is 1. The van der Waals surface area contributed by atoms with Gasteiger partial charge in [0.2, 0.25) is 11.9 Å². The van der Waals surface area contributed by atoms with Gasteiger partial charge in [-0.15, -0.1) is 0 Å². The number of para-hydroxylation sites is 1. The maximum Gasteiger partial charge on any atom is 0.433 e. The molecule has 3 heterocycles. The van der Waals surface area contributed by atoms with Crippen molar-refractivity contribution in [1.82, 2.24) is 15.3 Å². The van der Waals surface area contributed by atoms with Crippen molar-refractivity contribution in [1.29, 1.82) is 0 Å². The van der Waals surface area contributed by atoms with Gasteiger partial charge in [0.05, 0.1) is 18.7 Å². The molecule has 2 aromatic rings. The van der Waals surface area contributed by atoms with E-state index < -0.39 is 36.3 Å². The molecule has 12 heteroatoms. The van der Waals surface area contributed by atoms with Crippen LogP contribution in [0.25, 0.3) is 0 Å². The molecule has 0 radical (unpaired) electrons. The summed E-state index contributed by atoms with van der Waals surface area (Å²) in [5.41, 5.74) is 0.188. The van der Waals surface area contributed by atoms with Gasteiger partial charge in [-0.3, -0.25) is 9.69 Å². The van der Waals surface area contributed by atoms with Crippen molar-refractivity contribution in [2.75, 3.05) is 29.5 Å². The monoisotopic (exact) mass is 493 g/mol. The van der Waals surface area contributed by atoms with Crippen LogP contribution in [-0.4, -0.2) is 58.9 Å². The van der Waals surface area contributed by atoms with Crippen LogP contribution in [0, 0.1) is 0 Å². The van der Waals surface area contributed by atoms with Crippen LogP contribution in [0.5, 0.6) is 0 Å². The van der Waals surface area contributed by atoms with Gasteiger partial charge in [-0.05, 0) is 25.8 Å². The second-order valence-corrected chi connectivity index (χ2v) is 8.64. The molecule has 35 heavy (non-hydrogen) atoms. The summed E-state index contributed by atoms with van der Waals surface area (Å²) in [7, 11) is 0. The lowest BCUT2D eigenvalue weighted by Gasteiger charge is -2.40. The number of benzene rings is 1. The molecule has 1 aromatic heterocycles. The molecule has 1 aromatic carbocycles. The van der Waals surface area contributed by atoms with Crippen LogP contribution in [0.2, 0.25) is 0 Å². The van der Waals surface area contributed by atoms with Gasteiger partial charge in [-0.1, -0.05) is 18.2 Å². The van der Waals surface area contributed by atoms with Crippen molar-refractivity contribution < 1.29 is 32.6 Å². The fraction of sp³-hybridized carbons (Fsp3) is 0.478. The molecule has 2 N–H and O–H groups in total. The Hall–Kier alpha value is -3.41. The second kappa shape index (κ2) is 10.1. The van der Waals surface area contributed by atoms with Gasteiger partial charge in [0.1, 0.15) is 6.61 Å². The number of aliphatic hydroxyl groups excluding tert-OH is 1. The molecule has 4 rings (SSSR count). The summed E-state index contributed by atoms with van der Waals surface area (Å²) in [5, 5.41) is 11.4. The molecule has 0 saturated carbocycles. The summed E-state index contributed by atoms with van der Waals surface area (Å²) in [5.74, 6) is -0.742. The van der Waals surface area contributed by atoms with Crippen molar-refractivity contribution in [3.63, 3.8) is 0 Å². The number of hydrogen-bond acceptors (Lipinski definition) is 7. The van der Waals surface area contributed by atoms with Gasteiger partial charge in [0.25, 0.3) is 0 Å². The predicted octanol–water partition coefficient (Wildman–Crippen LogP) is 2.66. The Balaban J connectivity index is 1.48. The first-order valence-corrected chi connectivity index (χ1v) is 11.3. The van der Waals surface area contributed by atoms with E-state index in [0.29, 0.717) is 25.9 Å². The smallest absolute Gasteiger partial charge is 0.433 e. The summed E-state index contributed by atoms with van der Waals surface area (Å²) < 4.78 is 46.5. The van der Waals surface area contributed by atoms with Crippen molar-refractivity contribution in [2.45, 2.75) is 51.1 Å². The number of anilines is 2. The van der Waals surface area contributed by atoms with E-state index in [1.54, 1.807) is 9.80 Å². The Morgan fingerprint density at radius 3 is 2.69 bits per heavy atom. The van der Waals surface area contributed by atoms with E-state index in [9.17, 15) is 22.8 Å². The van der Waals surface area contributed by atoms with Gasteiger partial charge < -0.3 is 20.1 Å². The van der Waals surface area contributed by atoms with Crippen molar-refractivity contribution >= 4 is 23.6 Å². The highest BCUT2D eigenvalue weighted by molar-refractivity contribution is 5.91. The molecule has 0 bridgehead atoms. The third-order valence-corrected chi connectivity index (χ3v) is 6.06. The lowest BCUT2D eigenvalue weighted by atomic mass is 10.0. The van der Waals surface area contributed by atoms with Gasteiger partial charge in [0.15, 0.2) is 5.69 Å². The number of nitrogens with zero attached hydrogens (tertiary/aromatic N) is 4. The summed E-state index contributed by atoms with van der Waals surface area (Å²) in [6.07, 6.45) is -3.74. The first kappa shape index (κ1) is 24.7. The molecular weight excluding hydrogens is 467 g/mol. The zero-order chi connectivity index (χ0) is 25.2. The van der Waals surface area contributed by atoms with E-state index in [1.165, 1.54) is 6.92 Å². The number of amides is 2. The van der Waals surface area contributed by atoms with E-state index in [2.05, 4.69) is 15.3 Å². The van der Waals surface area contributed by atoms with Gasteiger partial charge in [0, 0.05) is 42.5 Å². The van der Waals surface area contributed by atoms with Crippen LogP contribution >= 0.6 is 0 Å². The summed E-state index contributed by atoms with van der Waals surface area (Å²) in [6, 6.07) is 6.72. The molecule has 1 unspecified atom stereocenters. The van der Waals surface area contributed by atoms with E-state index in [4.69, 9.17) is 9.84 Å². The first-order valence-electron chi connectivity index (χ1n) is 11.3. The second-order valence-electron chi connectivity index (χ2n) is 8.64. The first-order chi connectivity index (χ1) is 16.7. The SMILES string of the molecule is CC(CO)NC(=O)Cc1cnc(N2CCC(N3C(=O)OCc4ccccc43)CC2)nc1C(F)(F)F. The van der Waals surface area contributed by atoms with E-state index in [-0.39, 0.29) is 30.8 Å². The van der Waals surface area contributed by atoms with Crippen LogP contribution in [0.15, 0.2) is 30.5 Å². The number of carbonyl (C=O) groups is 2. The highest BCUT2D eigenvalue weighted by atomic mass is 19.4. The molecule has 188 valence electrons. The van der Waals surface area contributed by atoms with Gasteiger partial charge in [-0.2, -0.15) is 13.2 Å². The lowest BCUT2D eigenvalue weighted by molar-refractivity contribution is -0.142. The fourth-order valence-electron chi connectivity index (χ4n) is 4.31. The van der Waals surface area contributed by atoms with Crippen molar-refractivity contribution in [2.24, 2.45) is 0 Å². The highest BCUT2D eigenvalue weighted by Crippen LogP contribution is 2.34. The number of halogens is 3. The quantitative estimate of drug-likeness (QED) is 0.637. The minimum atomic E-state index is -4.77. The number of carbonyl (C=O) groups excluding carboxylic acids is 2. The normalized spacial score (nSPS) is 17.6. The Morgan fingerprint density at radius 2 is 2.00 bits per heavy atom. The molecule has 0 spiro atoms. The maximum atomic E-state index is 13.7. The Kier molecular flexibility index (Phi) is 7.10. The van der Waals surface area contributed by atoms with Crippen LogP contribution in [0.4, 0.5) is 29.6 Å². The number of fused-ring (bicyclic) bond motifs is 1. The molecule has 2 amide bonds. The number of rotatable bonds is 6. The largest absolute Gasteiger partial charge is 0.444 e. The van der Waals surface area contributed by atoms with Gasteiger partial charge >= 0.3 is 12.3 Å². The lowest BCUT2D eigenvalue weighted by Crippen LogP contribution is -2.49. The highest BCUT2D eigenvalue weighted by Gasteiger charge is 2.38. The Morgan fingerprint density at radius 1 is 1.29 bits per heavy atom. The molecule has 2 aliphatic rings. The Bertz CT molecular complexity index is 1090. The van der Waals surface area contributed by atoms with Crippen LogP contribution in [0.3, 0.4) is 0 Å². The van der Waals surface area contributed by atoms with Crippen LogP contribution < -0.4 is 15.1 Å². The fourth-order valence-corrected chi connectivity index (χ4v) is 4.31. The van der Waals surface area contributed by atoms with Crippen LogP contribution in [0.1, 0.15) is 36.6 Å². The van der Waals surface area contributed by atoms with Crippen LogP contribution in [-0.2, 0) is 28.7 Å².